The van der Waals surface area contributed by atoms with Crippen LogP contribution >= 0.6 is 0 Å². The van der Waals surface area contributed by atoms with Gasteiger partial charge in [-0.15, -0.1) is 0 Å². The van der Waals surface area contributed by atoms with Gasteiger partial charge in [0.1, 0.15) is 5.76 Å². The molecule has 0 aliphatic carbocycles. The lowest BCUT2D eigenvalue weighted by Crippen LogP contribution is -2.17. The molecule has 84 valence electrons. The van der Waals surface area contributed by atoms with E-state index in [-0.39, 0.29) is 6.04 Å². The Labute approximate surface area is 96.3 Å². The second-order valence-electron chi connectivity index (χ2n) is 4.07. The van der Waals surface area contributed by atoms with Gasteiger partial charge in [-0.25, -0.2) is 0 Å². The lowest BCUT2D eigenvalue weighted by molar-refractivity contribution is 0.527. The molecule has 0 saturated heterocycles. The number of hydrogen-bond acceptors (Lipinski definition) is 2. The molecule has 1 atom stereocenters. The average Bonchev–Trinajstić information content (AvgIpc) is 2.69. The highest BCUT2D eigenvalue weighted by molar-refractivity contribution is 5.36. The van der Waals surface area contributed by atoms with Gasteiger partial charge in [0.25, 0.3) is 0 Å². The van der Waals surface area contributed by atoms with Gasteiger partial charge in [0, 0.05) is 5.56 Å². The summed E-state index contributed by atoms with van der Waals surface area (Å²) in [6.07, 6.45) is 1.82. The molecule has 0 spiro atoms. The molecular formula is C14H17NO. The van der Waals surface area contributed by atoms with Gasteiger partial charge < -0.3 is 9.73 Å². The monoisotopic (exact) mass is 215 g/mol. The van der Waals surface area contributed by atoms with Crippen molar-refractivity contribution in [3.05, 3.63) is 59.0 Å². The minimum atomic E-state index is 0.207. The van der Waals surface area contributed by atoms with Gasteiger partial charge >= 0.3 is 0 Å². The van der Waals surface area contributed by atoms with E-state index in [9.17, 15) is 0 Å². The van der Waals surface area contributed by atoms with Crippen molar-refractivity contribution in [3.8, 4) is 0 Å². The molecule has 0 bridgehead atoms. The van der Waals surface area contributed by atoms with Crippen LogP contribution in [0.25, 0.3) is 0 Å². The first-order valence-corrected chi connectivity index (χ1v) is 5.50. The molecule has 1 aromatic carbocycles. The van der Waals surface area contributed by atoms with Gasteiger partial charge in [0.15, 0.2) is 0 Å². The molecular weight excluding hydrogens is 198 g/mol. The van der Waals surface area contributed by atoms with E-state index >= 15 is 0 Å². The molecule has 1 heterocycles. The number of rotatable bonds is 3. The van der Waals surface area contributed by atoms with Gasteiger partial charge in [0.05, 0.1) is 12.3 Å². The predicted molar refractivity (Wildman–Crippen MR) is 65.5 cm³/mol. The van der Waals surface area contributed by atoms with Gasteiger partial charge in [-0.05, 0) is 38.1 Å². The van der Waals surface area contributed by atoms with Crippen LogP contribution in [0.4, 0.5) is 0 Å². The maximum atomic E-state index is 5.37. The molecule has 2 aromatic rings. The summed E-state index contributed by atoms with van der Waals surface area (Å²) in [7, 11) is 1.97. The summed E-state index contributed by atoms with van der Waals surface area (Å²) < 4.78 is 5.37. The van der Waals surface area contributed by atoms with E-state index < -0.39 is 0 Å². The third-order valence-corrected chi connectivity index (χ3v) is 2.87. The predicted octanol–water partition coefficient (Wildman–Crippen LogP) is 3.21. The lowest BCUT2D eigenvalue weighted by Gasteiger charge is -2.17. The SMILES string of the molecule is CNC(c1coc(C)c1)c1ccccc1C. The number of nitrogens with one attached hydrogen (secondary N) is 1. The van der Waals surface area contributed by atoms with Crippen molar-refractivity contribution < 1.29 is 4.42 Å². The van der Waals surface area contributed by atoms with E-state index in [2.05, 4.69) is 42.6 Å². The third kappa shape index (κ3) is 2.02. The van der Waals surface area contributed by atoms with Gasteiger partial charge in [0.2, 0.25) is 0 Å². The highest BCUT2D eigenvalue weighted by Crippen LogP contribution is 2.25. The first-order valence-electron chi connectivity index (χ1n) is 5.50. The third-order valence-electron chi connectivity index (χ3n) is 2.87. The van der Waals surface area contributed by atoms with Crippen molar-refractivity contribution in [1.29, 1.82) is 0 Å². The Morgan fingerprint density at radius 1 is 1.19 bits per heavy atom. The largest absolute Gasteiger partial charge is 0.469 e. The minimum Gasteiger partial charge on any atom is -0.469 e. The average molecular weight is 215 g/mol. The van der Waals surface area contributed by atoms with Crippen molar-refractivity contribution in [2.24, 2.45) is 0 Å². The topological polar surface area (TPSA) is 25.2 Å². The van der Waals surface area contributed by atoms with E-state index in [0.717, 1.165) is 5.76 Å². The fourth-order valence-corrected chi connectivity index (χ4v) is 2.03. The first-order chi connectivity index (χ1) is 7.72. The van der Waals surface area contributed by atoms with Crippen LogP contribution in [-0.4, -0.2) is 7.05 Å². The first kappa shape index (κ1) is 11.0. The van der Waals surface area contributed by atoms with Crippen LogP contribution < -0.4 is 5.32 Å². The molecule has 2 heteroatoms. The maximum absolute atomic E-state index is 5.37. The number of benzene rings is 1. The highest BCUT2D eigenvalue weighted by Gasteiger charge is 2.15. The molecule has 1 N–H and O–H groups in total. The van der Waals surface area contributed by atoms with Crippen molar-refractivity contribution in [2.75, 3.05) is 7.05 Å². The van der Waals surface area contributed by atoms with Crippen LogP contribution in [0.3, 0.4) is 0 Å². The van der Waals surface area contributed by atoms with Gasteiger partial charge in [-0.2, -0.15) is 0 Å². The quantitative estimate of drug-likeness (QED) is 0.850. The maximum Gasteiger partial charge on any atom is 0.101 e. The molecule has 0 radical (unpaired) electrons. The van der Waals surface area contributed by atoms with E-state index in [0.29, 0.717) is 0 Å². The second kappa shape index (κ2) is 4.54. The summed E-state index contributed by atoms with van der Waals surface area (Å²) >= 11 is 0. The smallest absolute Gasteiger partial charge is 0.101 e. The van der Waals surface area contributed by atoms with Crippen LogP contribution in [0, 0.1) is 13.8 Å². The Bertz CT molecular complexity index is 473. The molecule has 2 rings (SSSR count). The van der Waals surface area contributed by atoms with Crippen molar-refractivity contribution in [3.63, 3.8) is 0 Å². The summed E-state index contributed by atoms with van der Waals surface area (Å²) in [4.78, 5) is 0. The normalized spacial score (nSPS) is 12.7. The van der Waals surface area contributed by atoms with Crippen LogP contribution in [0.15, 0.2) is 41.0 Å². The van der Waals surface area contributed by atoms with Crippen molar-refractivity contribution in [2.45, 2.75) is 19.9 Å². The number of furan rings is 1. The lowest BCUT2D eigenvalue weighted by atomic mass is 9.97. The molecule has 1 unspecified atom stereocenters. The van der Waals surface area contributed by atoms with Crippen LogP contribution in [0.5, 0.6) is 0 Å². The molecule has 0 saturated carbocycles. The molecule has 0 aliphatic rings. The highest BCUT2D eigenvalue weighted by atomic mass is 16.3. The molecule has 0 fully saturated rings. The zero-order chi connectivity index (χ0) is 11.5. The van der Waals surface area contributed by atoms with Crippen LogP contribution in [-0.2, 0) is 0 Å². The summed E-state index contributed by atoms with van der Waals surface area (Å²) in [6.45, 7) is 4.10. The molecule has 16 heavy (non-hydrogen) atoms. The minimum absolute atomic E-state index is 0.207. The summed E-state index contributed by atoms with van der Waals surface area (Å²) in [5.41, 5.74) is 3.76. The summed E-state index contributed by atoms with van der Waals surface area (Å²) in [6, 6.07) is 10.7. The Morgan fingerprint density at radius 2 is 1.94 bits per heavy atom. The Hall–Kier alpha value is -1.54. The van der Waals surface area contributed by atoms with Crippen molar-refractivity contribution >= 4 is 0 Å². The fraction of sp³-hybridized carbons (Fsp3) is 0.286. The molecule has 0 amide bonds. The second-order valence-corrected chi connectivity index (χ2v) is 4.07. The zero-order valence-electron chi connectivity index (χ0n) is 9.95. The molecule has 2 nitrogen and oxygen atoms in total. The Kier molecular flexibility index (Phi) is 3.11. The Balaban J connectivity index is 2.40. The van der Waals surface area contributed by atoms with E-state index in [1.165, 1.54) is 16.7 Å². The van der Waals surface area contributed by atoms with Crippen molar-refractivity contribution in [1.82, 2.24) is 5.32 Å². The zero-order valence-corrected chi connectivity index (χ0v) is 9.95. The number of aryl methyl sites for hydroxylation is 2. The van der Waals surface area contributed by atoms with Gasteiger partial charge in [-0.3, -0.25) is 0 Å². The standard InChI is InChI=1S/C14H17NO/c1-10-6-4-5-7-13(10)14(15-3)12-8-11(2)16-9-12/h4-9,14-15H,1-3H3. The molecule has 1 aromatic heterocycles. The van der Waals surface area contributed by atoms with Gasteiger partial charge in [-0.1, -0.05) is 24.3 Å². The fourth-order valence-electron chi connectivity index (χ4n) is 2.03. The van der Waals surface area contributed by atoms with Crippen LogP contribution in [0.2, 0.25) is 0 Å². The molecule has 0 aliphatic heterocycles. The number of hydrogen-bond donors (Lipinski definition) is 1. The summed E-state index contributed by atoms with van der Waals surface area (Å²) in [5, 5.41) is 3.33. The Morgan fingerprint density at radius 3 is 2.50 bits per heavy atom. The van der Waals surface area contributed by atoms with E-state index in [1.807, 2.05) is 20.2 Å². The summed E-state index contributed by atoms with van der Waals surface area (Å²) in [5.74, 6) is 0.948. The van der Waals surface area contributed by atoms with Crippen LogP contribution in [0.1, 0.15) is 28.5 Å². The van der Waals surface area contributed by atoms with E-state index in [4.69, 9.17) is 4.42 Å². The van der Waals surface area contributed by atoms with E-state index in [1.54, 1.807) is 0 Å².